The van der Waals surface area contributed by atoms with Gasteiger partial charge in [-0.05, 0) is 25.2 Å². The van der Waals surface area contributed by atoms with Gasteiger partial charge in [0.05, 0.1) is 13.7 Å². The molecule has 2 amide bonds. The van der Waals surface area contributed by atoms with Gasteiger partial charge in [-0.2, -0.15) is 0 Å². The predicted molar refractivity (Wildman–Crippen MR) is 76.2 cm³/mol. The lowest BCUT2D eigenvalue weighted by Crippen LogP contribution is -2.32. The van der Waals surface area contributed by atoms with Gasteiger partial charge in [-0.1, -0.05) is 0 Å². The fourth-order valence-corrected chi connectivity index (χ4v) is 2.14. The van der Waals surface area contributed by atoms with Crippen LogP contribution in [0.5, 0.6) is 11.5 Å². The molecule has 0 saturated carbocycles. The summed E-state index contributed by atoms with van der Waals surface area (Å²) in [5.41, 5.74) is 1.04. The highest BCUT2D eigenvalue weighted by Gasteiger charge is 2.18. The van der Waals surface area contributed by atoms with Gasteiger partial charge >= 0.3 is 6.03 Å². The molecule has 0 unspecified atom stereocenters. The average molecular weight is 279 g/mol. The molecular formula is C14H21N3O3. The van der Waals surface area contributed by atoms with Crippen LogP contribution in [0.15, 0.2) is 18.2 Å². The summed E-state index contributed by atoms with van der Waals surface area (Å²) >= 11 is 0. The molecule has 1 aromatic rings. The number of urea groups is 1. The number of methoxy groups -OCH3 is 1. The number of rotatable bonds is 7. The van der Waals surface area contributed by atoms with E-state index in [0.29, 0.717) is 26.2 Å². The topological polar surface area (TPSA) is 62.8 Å². The first-order valence-corrected chi connectivity index (χ1v) is 6.71. The van der Waals surface area contributed by atoms with Gasteiger partial charge in [0.1, 0.15) is 18.1 Å². The van der Waals surface area contributed by atoms with E-state index < -0.39 is 0 Å². The van der Waals surface area contributed by atoms with Crippen molar-refractivity contribution in [2.45, 2.75) is 6.54 Å². The van der Waals surface area contributed by atoms with Crippen LogP contribution in [0.25, 0.3) is 0 Å². The van der Waals surface area contributed by atoms with Crippen LogP contribution in [-0.2, 0) is 6.54 Å². The molecule has 6 nitrogen and oxygen atoms in total. The largest absolute Gasteiger partial charge is 0.497 e. The first-order valence-electron chi connectivity index (χ1n) is 6.71. The fraction of sp³-hybridized carbons (Fsp3) is 0.500. The SMILES string of the molecule is CNCc1cc(OC)ccc1OCCN1CCNC1=O. The third kappa shape index (κ3) is 3.54. The van der Waals surface area contributed by atoms with Gasteiger partial charge in [-0.25, -0.2) is 4.79 Å². The number of hydrogen-bond donors (Lipinski definition) is 2. The maximum Gasteiger partial charge on any atom is 0.317 e. The highest BCUT2D eigenvalue weighted by molar-refractivity contribution is 5.76. The molecule has 0 radical (unpaired) electrons. The van der Waals surface area contributed by atoms with E-state index >= 15 is 0 Å². The van der Waals surface area contributed by atoms with Crippen LogP contribution in [0, 0.1) is 0 Å². The van der Waals surface area contributed by atoms with Crippen LogP contribution in [0.4, 0.5) is 4.79 Å². The maximum absolute atomic E-state index is 11.4. The van der Waals surface area contributed by atoms with Crippen molar-refractivity contribution in [1.82, 2.24) is 15.5 Å². The normalized spacial score (nSPS) is 14.3. The van der Waals surface area contributed by atoms with Gasteiger partial charge in [0, 0.05) is 25.2 Å². The van der Waals surface area contributed by atoms with Crippen molar-refractivity contribution in [3.63, 3.8) is 0 Å². The van der Waals surface area contributed by atoms with E-state index in [-0.39, 0.29) is 6.03 Å². The Balaban J connectivity index is 1.92. The lowest BCUT2D eigenvalue weighted by atomic mass is 10.2. The van der Waals surface area contributed by atoms with E-state index in [1.54, 1.807) is 12.0 Å². The van der Waals surface area contributed by atoms with E-state index in [2.05, 4.69) is 10.6 Å². The third-order valence-electron chi connectivity index (χ3n) is 3.20. The highest BCUT2D eigenvalue weighted by Crippen LogP contribution is 2.24. The standard InChI is InChI=1S/C14H21N3O3/c1-15-10-11-9-12(19-2)3-4-13(11)20-8-7-17-6-5-16-14(17)18/h3-4,9,15H,5-8,10H2,1-2H3,(H,16,18). The van der Waals surface area contributed by atoms with Crippen LogP contribution in [0.3, 0.4) is 0 Å². The number of carbonyl (C=O) groups is 1. The van der Waals surface area contributed by atoms with Gasteiger partial charge in [0.15, 0.2) is 0 Å². The second-order valence-electron chi connectivity index (χ2n) is 4.57. The molecule has 20 heavy (non-hydrogen) atoms. The number of benzene rings is 1. The summed E-state index contributed by atoms with van der Waals surface area (Å²) in [5, 5.41) is 5.87. The number of hydrogen-bond acceptors (Lipinski definition) is 4. The Morgan fingerprint density at radius 3 is 2.95 bits per heavy atom. The summed E-state index contributed by atoms with van der Waals surface area (Å²) in [7, 11) is 3.53. The van der Waals surface area contributed by atoms with Crippen molar-refractivity contribution >= 4 is 6.03 Å². The summed E-state index contributed by atoms with van der Waals surface area (Å²) in [6, 6.07) is 5.71. The van der Waals surface area contributed by atoms with Gasteiger partial charge in [-0.15, -0.1) is 0 Å². The van der Waals surface area contributed by atoms with Crippen LogP contribution >= 0.6 is 0 Å². The third-order valence-corrected chi connectivity index (χ3v) is 3.20. The zero-order valence-electron chi connectivity index (χ0n) is 11.9. The molecule has 2 N–H and O–H groups in total. The Bertz CT molecular complexity index is 465. The van der Waals surface area contributed by atoms with E-state index in [9.17, 15) is 4.79 Å². The molecule has 0 spiro atoms. The molecule has 0 bridgehead atoms. The fourth-order valence-electron chi connectivity index (χ4n) is 2.14. The molecule has 0 aromatic heterocycles. The van der Waals surface area contributed by atoms with Gasteiger partial charge < -0.3 is 25.0 Å². The van der Waals surface area contributed by atoms with Crippen molar-refractivity contribution in [3.8, 4) is 11.5 Å². The summed E-state index contributed by atoms with van der Waals surface area (Å²) < 4.78 is 11.0. The van der Waals surface area contributed by atoms with Crippen LogP contribution in [0.2, 0.25) is 0 Å². The van der Waals surface area contributed by atoms with Crippen LogP contribution in [0.1, 0.15) is 5.56 Å². The molecule has 0 aliphatic carbocycles. The summed E-state index contributed by atoms with van der Waals surface area (Å²) in [6.45, 7) is 3.24. The molecule has 1 heterocycles. The molecule has 1 aliphatic heterocycles. The minimum Gasteiger partial charge on any atom is -0.497 e. The lowest BCUT2D eigenvalue weighted by Gasteiger charge is -2.16. The van der Waals surface area contributed by atoms with Crippen molar-refractivity contribution in [1.29, 1.82) is 0 Å². The van der Waals surface area contributed by atoms with Gasteiger partial charge in [-0.3, -0.25) is 0 Å². The smallest absolute Gasteiger partial charge is 0.317 e. The van der Waals surface area contributed by atoms with Crippen molar-refractivity contribution in [2.75, 3.05) is 40.4 Å². The second-order valence-corrected chi connectivity index (χ2v) is 4.57. The molecule has 1 fully saturated rings. The van der Waals surface area contributed by atoms with Gasteiger partial charge in [0.25, 0.3) is 0 Å². The summed E-state index contributed by atoms with van der Waals surface area (Å²) in [4.78, 5) is 13.2. The lowest BCUT2D eigenvalue weighted by molar-refractivity contribution is 0.202. The number of amides is 2. The molecule has 0 atom stereocenters. The minimum atomic E-state index is -0.0150. The van der Waals surface area contributed by atoms with E-state index in [1.165, 1.54) is 0 Å². The van der Waals surface area contributed by atoms with Gasteiger partial charge in [0.2, 0.25) is 0 Å². The Morgan fingerprint density at radius 2 is 2.30 bits per heavy atom. The number of ether oxygens (including phenoxy) is 2. The molecular weight excluding hydrogens is 258 g/mol. The van der Waals surface area contributed by atoms with Crippen molar-refractivity contribution in [3.05, 3.63) is 23.8 Å². The number of nitrogens with one attached hydrogen (secondary N) is 2. The zero-order valence-corrected chi connectivity index (χ0v) is 11.9. The molecule has 6 heteroatoms. The molecule has 110 valence electrons. The highest BCUT2D eigenvalue weighted by atomic mass is 16.5. The van der Waals surface area contributed by atoms with Crippen molar-refractivity contribution in [2.24, 2.45) is 0 Å². The Morgan fingerprint density at radius 1 is 1.45 bits per heavy atom. The first kappa shape index (κ1) is 14.5. The van der Waals surface area contributed by atoms with Crippen LogP contribution in [-0.4, -0.2) is 51.3 Å². The monoisotopic (exact) mass is 279 g/mol. The van der Waals surface area contributed by atoms with Crippen molar-refractivity contribution < 1.29 is 14.3 Å². The molecule has 1 saturated heterocycles. The van der Waals surface area contributed by atoms with E-state index in [0.717, 1.165) is 23.6 Å². The Labute approximate surface area is 119 Å². The number of carbonyl (C=O) groups excluding carboxylic acids is 1. The van der Waals surface area contributed by atoms with E-state index in [1.807, 2.05) is 25.2 Å². The zero-order chi connectivity index (χ0) is 14.4. The maximum atomic E-state index is 11.4. The second kappa shape index (κ2) is 7.00. The molecule has 1 aromatic carbocycles. The predicted octanol–water partition coefficient (Wildman–Crippen LogP) is 0.819. The average Bonchev–Trinajstić information content (AvgIpc) is 2.86. The minimum absolute atomic E-state index is 0.0150. The Kier molecular flexibility index (Phi) is 5.06. The Hall–Kier alpha value is -1.95. The quantitative estimate of drug-likeness (QED) is 0.775. The summed E-state index contributed by atoms with van der Waals surface area (Å²) in [6.07, 6.45) is 0. The number of nitrogens with zero attached hydrogens (tertiary/aromatic N) is 1. The molecule has 2 rings (SSSR count). The van der Waals surface area contributed by atoms with Crippen LogP contribution < -0.4 is 20.1 Å². The molecule has 1 aliphatic rings. The first-order chi connectivity index (χ1) is 9.74. The summed E-state index contributed by atoms with van der Waals surface area (Å²) in [5.74, 6) is 1.63. The van der Waals surface area contributed by atoms with E-state index in [4.69, 9.17) is 9.47 Å².